The highest BCUT2D eigenvalue weighted by Crippen LogP contribution is 2.24. The number of likely N-dealkylation sites (tertiary alicyclic amines) is 1. The number of carbonyl (C=O) groups is 1. The van der Waals surface area contributed by atoms with Crippen LogP contribution in [0.2, 0.25) is 10.0 Å². The lowest BCUT2D eigenvalue weighted by Crippen LogP contribution is -2.41. The fourth-order valence-electron chi connectivity index (χ4n) is 2.92. The van der Waals surface area contributed by atoms with Crippen LogP contribution in [0.25, 0.3) is 0 Å². The Morgan fingerprint density at radius 1 is 1.24 bits per heavy atom. The van der Waals surface area contributed by atoms with E-state index in [-0.39, 0.29) is 17.6 Å². The molecule has 0 saturated carbocycles. The van der Waals surface area contributed by atoms with Crippen molar-refractivity contribution in [1.82, 2.24) is 14.7 Å². The van der Waals surface area contributed by atoms with E-state index in [0.29, 0.717) is 35.4 Å². The number of aryl methyl sites for hydroxylation is 1. The molecule has 0 bridgehead atoms. The number of halogens is 2. The molecule has 3 rings (SSSR count). The van der Waals surface area contributed by atoms with Crippen molar-refractivity contribution in [3.05, 3.63) is 55.9 Å². The molecular weight excluding hydrogens is 365 g/mol. The minimum atomic E-state index is -0.273. The molecule has 1 fully saturated rings. The molecule has 6 nitrogen and oxygen atoms in total. The molecule has 1 aromatic carbocycles. The molecule has 0 spiro atoms. The number of hydrogen-bond donors (Lipinski definition) is 1. The quantitative estimate of drug-likeness (QED) is 0.882. The number of nitrogens with zero attached hydrogens (tertiary/aromatic N) is 2. The number of benzene rings is 1. The van der Waals surface area contributed by atoms with Gasteiger partial charge in [0.25, 0.3) is 11.5 Å². The molecule has 1 aliphatic rings. The molecule has 1 saturated heterocycles. The lowest BCUT2D eigenvalue weighted by atomic mass is 10.1. The Balaban J connectivity index is 1.51. The molecule has 0 atom stereocenters. The zero-order valence-electron chi connectivity index (χ0n) is 13.8. The highest BCUT2D eigenvalue weighted by atomic mass is 35.5. The molecule has 1 aliphatic heterocycles. The first-order valence-corrected chi connectivity index (χ1v) is 8.80. The fourth-order valence-corrected chi connectivity index (χ4v) is 3.24. The number of aromatic nitrogens is 2. The van der Waals surface area contributed by atoms with Gasteiger partial charge in [-0.25, -0.2) is 0 Å². The Labute approximate surface area is 155 Å². The van der Waals surface area contributed by atoms with Crippen LogP contribution in [-0.4, -0.2) is 39.8 Å². The summed E-state index contributed by atoms with van der Waals surface area (Å²) in [5, 5.41) is 3.59. The summed E-state index contributed by atoms with van der Waals surface area (Å²) < 4.78 is 7.38. The van der Waals surface area contributed by atoms with E-state index < -0.39 is 0 Å². The first-order valence-electron chi connectivity index (χ1n) is 8.05. The van der Waals surface area contributed by atoms with Crippen LogP contribution in [0, 0.1) is 0 Å². The summed E-state index contributed by atoms with van der Waals surface area (Å²) in [5.74, 6) is -0.135. The second-order valence-electron chi connectivity index (χ2n) is 6.12. The van der Waals surface area contributed by atoms with Gasteiger partial charge in [0.05, 0.1) is 22.8 Å². The van der Waals surface area contributed by atoms with Crippen LogP contribution in [0.4, 0.5) is 0 Å². The van der Waals surface area contributed by atoms with Crippen LogP contribution < -0.4 is 5.56 Å². The zero-order chi connectivity index (χ0) is 18.0. The molecule has 0 radical (unpaired) electrons. The summed E-state index contributed by atoms with van der Waals surface area (Å²) in [6.45, 7) is 1.66. The van der Waals surface area contributed by atoms with E-state index in [1.165, 1.54) is 10.7 Å². The Hall–Kier alpha value is -1.76. The van der Waals surface area contributed by atoms with Crippen LogP contribution in [-0.2, 0) is 18.4 Å². The maximum Gasteiger partial charge on any atom is 0.272 e. The van der Waals surface area contributed by atoms with Gasteiger partial charge in [-0.15, -0.1) is 0 Å². The van der Waals surface area contributed by atoms with E-state index in [0.717, 1.165) is 18.4 Å². The molecule has 8 heteroatoms. The number of amides is 1. The zero-order valence-corrected chi connectivity index (χ0v) is 15.3. The van der Waals surface area contributed by atoms with Crippen molar-refractivity contribution < 1.29 is 9.53 Å². The third-order valence-electron chi connectivity index (χ3n) is 4.33. The van der Waals surface area contributed by atoms with E-state index in [4.69, 9.17) is 27.9 Å². The average Bonchev–Trinajstić information content (AvgIpc) is 2.94. The van der Waals surface area contributed by atoms with E-state index in [1.54, 1.807) is 24.1 Å². The van der Waals surface area contributed by atoms with Crippen molar-refractivity contribution in [2.45, 2.75) is 25.6 Å². The minimum Gasteiger partial charge on any atom is -0.373 e. The summed E-state index contributed by atoms with van der Waals surface area (Å²) >= 11 is 11.9. The molecule has 0 unspecified atom stereocenters. The Morgan fingerprint density at radius 2 is 1.96 bits per heavy atom. The van der Waals surface area contributed by atoms with Crippen LogP contribution in [0.15, 0.2) is 29.1 Å². The predicted molar refractivity (Wildman–Crippen MR) is 96.2 cm³/mol. The van der Waals surface area contributed by atoms with Gasteiger partial charge in [-0.2, -0.15) is 0 Å². The van der Waals surface area contributed by atoms with Crippen molar-refractivity contribution in [3.8, 4) is 0 Å². The Morgan fingerprint density at radius 3 is 2.56 bits per heavy atom. The smallest absolute Gasteiger partial charge is 0.272 e. The highest BCUT2D eigenvalue weighted by molar-refractivity contribution is 6.42. The number of hydrogen-bond acceptors (Lipinski definition) is 3. The molecule has 1 aromatic heterocycles. The minimum absolute atomic E-state index is 0.0912. The number of ether oxygens (including phenoxy) is 1. The molecule has 1 amide bonds. The summed E-state index contributed by atoms with van der Waals surface area (Å²) in [6.07, 6.45) is 1.60. The molecule has 2 heterocycles. The maximum absolute atomic E-state index is 12.5. The summed E-state index contributed by atoms with van der Waals surface area (Å²) in [4.78, 5) is 25.5. The fraction of sp³-hybridized carbons (Fsp3) is 0.412. The van der Waals surface area contributed by atoms with Gasteiger partial charge in [0, 0.05) is 26.2 Å². The van der Waals surface area contributed by atoms with Gasteiger partial charge in [-0.1, -0.05) is 29.3 Å². The number of H-pyrrole nitrogens is 1. The number of rotatable bonds is 4. The van der Waals surface area contributed by atoms with Gasteiger partial charge in [-0.3, -0.25) is 19.4 Å². The van der Waals surface area contributed by atoms with Crippen molar-refractivity contribution in [1.29, 1.82) is 0 Å². The SMILES string of the molecule is Cn1[nH]c(=O)cc1C(=O)N1CCC(OCc2ccc(Cl)c(Cl)c2)CC1. The Kier molecular flexibility index (Phi) is 5.51. The van der Waals surface area contributed by atoms with Crippen LogP contribution in [0.3, 0.4) is 0 Å². The predicted octanol–water partition coefficient (Wildman–Crippen LogP) is 2.84. The van der Waals surface area contributed by atoms with E-state index in [2.05, 4.69) is 5.10 Å². The van der Waals surface area contributed by atoms with Gasteiger partial charge in [0.2, 0.25) is 0 Å². The largest absolute Gasteiger partial charge is 0.373 e. The van der Waals surface area contributed by atoms with Gasteiger partial charge in [0.1, 0.15) is 5.69 Å². The van der Waals surface area contributed by atoms with Gasteiger partial charge >= 0.3 is 0 Å². The van der Waals surface area contributed by atoms with E-state index >= 15 is 0 Å². The van der Waals surface area contributed by atoms with Crippen molar-refractivity contribution in [3.63, 3.8) is 0 Å². The van der Waals surface area contributed by atoms with Crippen molar-refractivity contribution >= 4 is 29.1 Å². The third-order valence-corrected chi connectivity index (χ3v) is 5.06. The highest BCUT2D eigenvalue weighted by Gasteiger charge is 2.25. The summed E-state index contributed by atoms with van der Waals surface area (Å²) in [6, 6.07) is 6.77. The lowest BCUT2D eigenvalue weighted by molar-refractivity contribution is -0.000607. The molecule has 1 N–H and O–H groups in total. The van der Waals surface area contributed by atoms with Crippen LogP contribution in [0.5, 0.6) is 0 Å². The standard InChI is InChI=1S/C17H19Cl2N3O3/c1-21-15(9-16(23)20-21)17(24)22-6-4-12(5-7-22)25-10-11-2-3-13(18)14(19)8-11/h2-3,8-9,12H,4-7,10H2,1H3,(H,20,23). The second kappa shape index (κ2) is 7.64. The average molecular weight is 384 g/mol. The van der Waals surface area contributed by atoms with Crippen molar-refractivity contribution in [2.24, 2.45) is 7.05 Å². The topological polar surface area (TPSA) is 67.3 Å². The number of piperidine rings is 1. The number of carbonyl (C=O) groups excluding carboxylic acids is 1. The van der Waals surface area contributed by atoms with Gasteiger partial charge < -0.3 is 9.64 Å². The van der Waals surface area contributed by atoms with Crippen molar-refractivity contribution in [2.75, 3.05) is 13.1 Å². The van der Waals surface area contributed by atoms with E-state index in [1.807, 2.05) is 6.07 Å². The number of aromatic amines is 1. The van der Waals surface area contributed by atoms with Crippen LogP contribution in [0.1, 0.15) is 28.9 Å². The normalized spacial score (nSPS) is 15.6. The number of nitrogens with one attached hydrogen (secondary N) is 1. The van der Waals surface area contributed by atoms with Crippen LogP contribution >= 0.6 is 23.2 Å². The lowest BCUT2D eigenvalue weighted by Gasteiger charge is -2.32. The first-order chi connectivity index (χ1) is 11.9. The third kappa shape index (κ3) is 4.26. The molecule has 25 heavy (non-hydrogen) atoms. The maximum atomic E-state index is 12.5. The molecular formula is C17H19Cl2N3O3. The monoisotopic (exact) mass is 383 g/mol. The van der Waals surface area contributed by atoms with Gasteiger partial charge in [0.15, 0.2) is 0 Å². The summed E-state index contributed by atoms with van der Waals surface area (Å²) in [7, 11) is 1.65. The molecule has 0 aliphatic carbocycles. The van der Waals surface area contributed by atoms with E-state index in [9.17, 15) is 9.59 Å². The van der Waals surface area contributed by atoms with Gasteiger partial charge in [-0.05, 0) is 30.5 Å². The molecule has 2 aromatic rings. The first kappa shape index (κ1) is 18.0. The summed E-state index contributed by atoms with van der Waals surface area (Å²) in [5.41, 5.74) is 1.07. The molecule has 134 valence electrons. The second-order valence-corrected chi connectivity index (χ2v) is 6.93. The Bertz CT molecular complexity index is 823.